The van der Waals surface area contributed by atoms with E-state index >= 15 is 0 Å². The highest BCUT2D eigenvalue weighted by atomic mass is 35.5. The van der Waals surface area contributed by atoms with Crippen LogP contribution in [0.25, 0.3) is 0 Å². The van der Waals surface area contributed by atoms with E-state index in [0.717, 1.165) is 5.56 Å². The van der Waals surface area contributed by atoms with E-state index in [4.69, 9.17) is 16.3 Å². The third-order valence-corrected chi connectivity index (χ3v) is 4.77. The monoisotopic (exact) mass is 410 g/mol. The van der Waals surface area contributed by atoms with Crippen molar-refractivity contribution in [3.63, 3.8) is 0 Å². The van der Waals surface area contributed by atoms with Gasteiger partial charge in [0.15, 0.2) is 6.61 Å². The average molecular weight is 411 g/mol. The fourth-order valence-electron chi connectivity index (χ4n) is 3.03. The van der Waals surface area contributed by atoms with Crippen LogP contribution in [0, 0.1) is 5.82 Å². The van der Waals surface area contributed by atoms with E-state index < -0.39 is 0 Å². The summed E-state index contributed by atoms with van der Waals surface area (Å²) in [6, 6.07) is 17.6. The van der Waals surface area contributed by atoms with Gasteiger partial charge in [-0.3, -0.25) is 9.59 Å². The maximum absolute atomic E-state index is 13.1. The first-order valence-corrected chi connectivity index (χ1v) is 9.26. The van der Waals surface area contributed by atoms with E-state index in [1.54, 1.807) is 59.5 Å². The number of nitrogens with one attached hydrogen (secondary N) is 1. The Kier molecular flexibility index (Phi) is 5.18. The number of rotatable bonds is 4. The van der Waals surface area contributed by atoms with Crippen LogP contribution in [0.15, 0.2) is 66.7 Å². The third kappa shape index (κ3) is 4.22. The molecule has 1 N–H and O–H groups in total. The Balaban J connectivity index is 1.54. The number of amides is 2. The Labute approximate surface area is 171 Å². The molecule has 0 spiro atoms. The third-order valence-electron chi connectivity index (χ3n) is 4.52. The van der Waals surface area contributed by atoms with E-state index in [1.165, 1.54) is 12.1 Å². The molecule has 0 aromatic heterocycles. The molecule has 4 rings (SSSR count). The topological polar surface area (TPSA) is 58.6 Å². The Bertz CT molecular complexity index is 1070. The molecule has 2 amide bonds. The summed E-state index contributed by atoms with van der Waals surface area (Å²) in [6.07, 6.45) is 0. The van der Waals surface area contributed by atoms with Gasteiger partial charge in [0.25, 0.3) is 11.8 Å². The van der Waals surface area contributed by atoms with Gasteiger partial charge in [0.2, 0.25) is 0 Å². The molecular formula is C22H16ClFN2O3. The molecule has 146 valence electrons. The minimum atomic E-state index is -0.330. The van der Waals surface area contributed by atoms with E-state index in [9.17, 15) is 14.0 Å². The molecule has 0 unspecified atom stereocenters. The Morgan fingerprint density at radius 2 is 1.79 bits per heavy atom. The van der Waals surface area contributed by atoms with Crippen LogP contribution in [0.5, 0.6) is 5.75 Å². The maximum atomic E-state index is 13.1. The standard InChI is InChI=1S/C22H16ClFN2O3/c23-16-5-3-15(4-6-16)22(28)25-18-9-10-19-20(11-18)29-13-21(27)26(19)12-14-1-7-17(24)8-2-14/h1-11H,12-13H2,(H,25,28). The van der Waals surface area contributed by atoms with Crippen LogP contribution < -0.4 is 15.0 Å². The van der Waals surface area contributed by atoms with Crippen LogP contribution in [0.4, 0.5) is 15.8 Å². The van der Waals surface area contributed by atoms with E-state index in [-0.39, 0.29) is 24.2 Å². The van der Waals surface area contributed by atoms with Crippen molar-refractivity contribution in [3.05, 3.63) is 88.7 Å². The van der Waals surface area contributed by atoms with Crippen LogP contribution in [-0.2, 0) is 11.3 Å². The fraction of sp³-hybridized carbons (Fsp3) is 0.0909. The van der Waals surface area contributed by atoms with Crippen LogP contribution in [0.3, 0.4) is 0 Å². The highest BCUT2D eigenvalue weighted by Gasteiger charge is 2.26. The highest BCUT2D eigenvalue weighted by molar-refractivity contribution is 6.30. The van der Waals surface area contributed by atoms with Gasteiger partial charge < -0.3 is 15.0 Å². The lowest BCUT2D eigenvalue weighted by Crippen LogP contribution is -2.38. The van der Waals surface area contributed by atoms with Crippen molar-refractivity contribution in [3.8, 4) is 5.75 Å². The zero-order chi connectivity index (χ0) is 20.4. The Morgan fingerprint density at radius 3 is 2.52 bits per heavy atom. The quantitative estimate of drug-likeness (QED) is 0.680. The van der Waals surface area contributed by atoms with Crippen LogP contribution in [-0.4, -0.2) is 18.4 Å². The van der Waals surface area contributed by atoms with Crippen molar-refractivity contribution in [1.82, 2.24) is 0 Å². The number of benzene rings is 3. The predicted octanol–water partition coefficient (Wildman–Crippen LogP) is 4.66. The molecule has 5 nitrogen and oxygen atoms in total. The van der Waals surface area contributed by atoms with E-state index in [0.29, 0.717) is 34.3 Å². The molecule has 7 heteroatoms. The number of ether oxygens (including phenoxy) is 1. The van der Waals surface area contributed by atoms with E-state index in [1.807, 2.05) is 0 Å². The lowest BCUT2D eigenvalue weighted by atomic mass is 10.1. The molecule has 1 aliphatic rings. The second-order valence-electron chi connectivity index (χ2n) is 6.54. The minimum Gasteiger partial charge on any atom is -0.481 e. The Morgan fingerprint density at radius 1 is 1.07 bits per heavy atom. The van der Waals surface area contributed by atoms with Crippen LogP contribution in [0.2, 0.25) is 5.02 Å². The Hall–Kier alpha value is -3.38. The molecule has 0 saturated carbocycles. The van der Waals surface area contributed by atoms with Gasteiger partial charge in [0, 0.05) is 22.3 Å². The molecule has 1 aliphatic heterocycles. The van der Waals surface area contributed by atoms with Gasteiger partial charge in [0.05, 0.1) is 12.2 Å². The molecule has 3 aromatic rings. The van der Waals surface area contributed by atoms with Gasteiger partial charge in [-0.2, -0.15) is 0 Å². The van der Waals surface area contributed by atoms with Gasteiger partial charge in [0.1, 0.15) is 11.6 Å². The summed E-state index contributed by atoms with van der Waals surface area (Å²) in [7, 11) is 0. The number of fused-ring (bicyclic) bond motifs is 1. The van der Waals surface area contributed by atoms with Gasteiger partial charge in [-0.25, -0.2) is 4.39 Å². The number of hydrogen-bond donors (Lipinski definition) is 1. The number of carbonyl (C=O) groups is 2. The lowest BCUT2D eigenvalue weighted by Gasteiger charge is -2.29. The maximum Gasteiger partial charge on any atom is 0.265 e. The van der Waals surface area contributed by atoms with Crippen molar-refractivity contribution in [2.24, 2.45) is 0 Å². The second kappa shape index (κ2) is 7.93. The summed E-state index contributed by atoms with van der Waals surface area (Å²) in [5.74, 6) is -0.319. The molecule has 0 fully saturated rings. The van der Waals surface area contributed by atoms with Crippen LogP contribution >= 0.6 is 11.6 Å². The molecule has 0 atom stereocenters. The largest absolute Gasteiger partial charge is 0.481 e. The summed E-state index contributed by atoms with van der Waals surface area (Å²) >= 11 is 5.85. The van der Waals surface area contributed by atoms with Gasteiger partial charge in [-0.15, -0.1) is 0 Å². The summed E-state index contributed by atoms with van der Waals surface area (Å²) in [5, 5.41) is 3.35. The molecule has 29 heavy (non-hydrogen) atoms. The van der Waals surface area contributed by atoms with Gasteiger partial charge >= 0.3 is 0 Å². The van der Waals surface area contributed by atoms with Crippen molar-refractivity contribution in [1.29, 1.82) is 0 Å². The zero-order valence-electron chi connectivity index (χ0n) is 15.2. The molecular weight excluding hydrogens is 395 g/mol. The zero-order valence-corrected chi connectivity index (χ0v) is 15.9. The molecule has 1 heterocycles. The first-order chi connectivity index (χ1) is 14.0. The normalized spacial score (nSPS) is 12.9. The molecule has 3 aromatic carbocycles. The summed E-state index contributed by atoms with van der Waals surface area (Å²) in [5.41, 5.74) is 2.41. The van der Waals surface area contributed by atoms with Crippen molar-refractivity contribution in [2.45, 2.75) is 6.54 Å². The number of anilines is 2. The predicted molar refractivity (Wildman–Crippen MR) is 109 cm³/mol. The number of halogens is 2. The van der Waals surface area contributed by atoms with E-state index in [2.05, 4.69) is 5.32 Å². The molecule has 0 bridgehead atoms. The van der Waals surface area contributed by atoms with Gasteiger partial charge in [-0.05, 0) is 54.1 Å². The van der Waals surface area contributed by atoms with Crippen molar-refractivity contribution in [2.75, 3.05) is 16.8 Å². The number of hydrogen-bond acceptors (Lipinski definition) is 3. The smallest absolute Gasteiger partial charge is 0.265 e. The summed E-state index contributed by atoms with van der Waals surface area (Å²) in [6.45, 7) is 0.189. The average Bonchev–Trinajstić information content (AvgIpc) is 2.72. The molecule has 0 saturated heterocycles. The molecule has 0 aliphatic carbocycles. The van der Waals surface area contributed by atoms with Crippen molar-refractivity contribution >= 4 is 34.8 Å². The SMILES string of the molecule is O=C(Nc1ccc2c(c1)OCC(=O)N2Cc1ccc(F)cc1)c1ccc(Cl)cc1. The van der Waals surface area contributed by atoms with Crippen molar-refractivity contribution < 1.29 is 18.7 Å². The summed E-state index contributed by atoms with van der Waals surface area (Å²) in [4.78, 5) is 26.3. The summed E-state index contributed by atoms with van der Waals surface area (Å²) < 4.78 is 18.7. The lowest BCUT2D eigenvalue weighted by molar-refractivity contribution is -0.121. The fourth-order valence-corrected chi connectivity index (χ4v) is 3.16. The first-order valence-electron chi connectivity index (χ1n) is 8.88. The number of carbonyl (C=O) groups excluding carboxylic acids is 2. The first kappa shape index (κ1) is 19.0. The molecule has 0 radical (unpaired) electrons. The minimum absolute atomic E-state index is 0.108. The number of nitrogens with zero attached hydrogens (tertiary/aromatic N) is 1. The van der Waals surface area contributed by atoms with Gasteiger partial charge in [-0.1, -0.05) is 23.7 Å². The van der Waals surface area contributed by atoms with Crippen LogP contribution in [0.1, 0.15) is 15.9 Å². The highest BCUT2D eigenvalue weighted by Crippen LogP contribution is 2.35. The second-order valence-corrected chi connectivity index (χ2v) is 6.97.